The number of aryl methyl sites for hydroxylation is 1. The predicted molar refractivity (Wildman–Crippen MR) is 67.5 cm³/mol. The van der Waals surface area contributed by atoms with Crippen LogP contribution in [0.4, 0.5) is 0 Å². The summed E-state index contributed by atoms with van der Waals surface area (Å²) >= 11 is 0. The van der Waals surface area contributed by atoms with E-state index in [1.165, 1.54) is 13.2 Å². The number of hydrogen-bond donors (Lipinski definition) is 0. The van der Waals surface area contributed by atoms with Gasteiger partial charge in [0.15, 0.2) is 0 Å². The fourth-order valence-electron chi connectivity index (χ4n) is 1.60. The number of esters is 2. The van der Waals surface area contributed by atoms with Crippen molar-refractivity contribution < 1.29 is 19.1 Å². The molecule has 0 N–H and O–H groups in total. The third-order valence-corrected chi connectivity index (χ3v) is 2.56. The van der Waals surface area contributed by atoms with E-state index in [-0.39, 0.29) is 19.0 Å². The molecule has 5 nitrogen and oxygen atoms in total. The molecule has 0 heterocycles. The van der Waals surface area contributed by atoms with Crippen molar-refractivity contribution in [3.05, 3.63) is 34.9 Å². The molecule has 5 heteroatoms. The molecule has 1 aromatic rings. The Kier molecular flexibility index (Phi) is 5.55. The van der Waals surface area contributed by atoms with Crippen LogP contribution < -0.4 is 0 Å². The molecule has 0 aliphatic heterocycles. The van der Waals surface area contributed by atoms with E-state index in [1.807, 2.05) is 6.07 Å². The van der Waals surface area contributed by atoms with E-state index >= 15 is 0 Å². The Labute approximate surface area is 111 Å². The normalized spacial score (nSPS) is 9.53. The summed E-state index contributed by atoms with van der Waals surface area (Å²) in [6.07, 6.45) is 0.543. The van der Waals surface area contributed by atoms with Gasteiger partial charge in [0.05, 0.1) is 30.9 Å². The highest BCUT2D eigenvalue weighted by atomic mass is 16.5. The Hall–Kier alpha value is -2.35. The van der Waals surface area contributed by atoms with Crippen LogP contribution in [0.5, 0.6) is 0 Å². The van der Waals surface area contributed by atoms with E-state index in [0.29, 0.717) is 23.1 Å². The van der Waals surface area contributed by atoms with Crippen LogP contribution in [0.3, 0.4) is 0 Å². The van der Waals surface area contributed by atoms with Gasteiger partial charge >= 0.3 is 11.9 Å². The van der Waals surface area contributed by atoms with Crippen LogP contribution in [0, 0.1) is 11.3 Å². The van der Waals surface area contributed by atoms with Crippen LogP contribution in [0.25, 0.3) is 0 Å². The van der Waals surface area contributed by atoms with Crippen LogP contribution in [-0.4, -0.2) is 25.7 Å². The van der Waals surface area contributed by atoms with Gasteiger partial charge in [-0.15, -0.1) is 0 Å². The minimum atomic E-state index is -0.487. The Morgan fingerprint density at radius 1 is 1.37 bits per heavy atom. The lowest BCUT2D eigenvalue weighted by Gasteiger charge is -2.08. The van der Waals surface area contributed by atoms with Gasteiger partial charge in [-0.2, -0.15) is 5.26 Å². The maximum Gasteiger partial charge on any atom is 0.338 e. The smallest absolute Gasteiger partial charge is 0.338 e. The summed E-state index contributed by atoms with van der Waals surface area (Å²) in [6, 6.07) is 6.71. The summed E-state index contributed by atoms with van der Waals surface area (Å²) in [7, 11) is 1.31. The second-order valence-corrected chi connectivity index (χ2v) is 3.78. The molecular weight excluding hydrogens is 246 g/mol. The van der Waals surface area contributed by atoms with Gasteiger partial charge in [-0.3, -0.25) is 4.79 Å². The summed E-state index contributed by atoms with van der Waals surface area (Å²) in [5, 5.41) is 8.84. The van der Waals surface area contributed by atoms with Crippen LogP contribution in [-0.2, 0) is 20.7 Å². The number of benzene rings is 1. The molecule has 0 radical (unpaired) electrons. The van der Waals surface area contributed by atoms with E-state index in [9.17, 15) is 9.59 Å². The number of hydrogen-bond acceptors (Lipinski definition) is 5. The molecule has 0 aromatic heterocycles. The van der Waals surface area contributed by atoms with Crippen LogP contribution >= 0.6 is 0 Å². The first-order chi connectivity index (χ1) is 9.12. The number of nitriles is 1. The number of nitrogens with zero attached hydrogens (tertiary/aromatic N) is 1. The molecule has 0 aliphatic carbocycles. The minimum absolute atomic E-state index is 0.175. The molecule has 19 heavy (non-hydrogen) atoms. The van der Waals surface area contributed by atoms with Crippen molar-refractivity contribution in [2.45, 2.75) is 19.8 Å². The van der Waals surface area contributed by atoms with Gasteiger partial charge in [0.25, 0.3) is 0 Å². The first-order valence-electron chi connectivity index (χ1n) is 5.89. The van der Waals surface area contributed by atoms with Gasteiger partial charge in [-0.05, 0) is 31.0 Å². The van der Waals surface area contributed by atoms with Gasteiger partial charge in [-0.25, -0.2) is 4.79 Å². The number of carbonyl (C=O) groups excluding carboxylic acids is 2. The largest absolute Gasteiger partial charge is 0.469 e. The highest BCUT2D eigenvalue weighted by Crippen LogP contribution is 2.15. The van der Waals surface area contributed by atoms with Gasteiger partial charge in [-0.1, -0.05) is 6.07 Å². The van der Waals surface area contributed by atoms with Gasteiger partial charge < -0.3 is 9.47 Å². The molecule has 1 rings (SSSR count). The van der Waals surface area contributed by atoms with Crippen molar-refractivity contribution in [1.29, 1.82) is 5.26 Å². The third-order valence-electron chi connectivity index (χ3n) is 2.56. The molecule has 0 saturated heterocycles. The van der Waals surface area contributed by atoms with Crippen molar-refractivity contribution in [2.75, 3.05) is 13.7 Å². The quantitative estimate of drug-likeness (QED) is 0.756. The average molecular weight is 261 g/mol. The van der Waals surface area contributed by atoms with Crippen LogP contribution in [0.1, 0.15) is 34.8 Å². The molecule has 0 saturated carbocycles. The number of ether oxygens (including phenoxy) is 2. The lowest BCUT2D eigenvalue weighted by atomic mass is 10.0. The summed E-state index contributed by atoms with van der Waals surface area (Å²) in [5.41, 5.74) is 1.37. The lowest BCUT2D eigenvalue weighted by Crippen LogP contribution is -2.10. The number of rotatable bonds is 5. The topological polar surface area (TPSA) is 76.4 Å². The van der Waals surface area contributed by atoms with Crippen molar-refractivity contribution in [2.24, 2.45) is 0 Å². The van der Waals surface area contributed by atoms with Crippen molar-refractivity contribution >= 4 is 11.9 Å². The van der Waals surface area contributed by atoms with Crippen molar-refractivity contribution in [1.82, 2.24) is 0 Å². The second kappa shape index (κ2) is 7.17. The van der Waals surface area contributed by atoms with E-state index < -0.39 is 5.97 Å². The van der Waals surface area contributed by atoms with Gasteiger partial charge in [0, 0.05) is 6.42 Å². The molecule has 100 valence electrons. The van der Waals surface area contributed by atoms with Gasteiger partial charge in [0.1, 0.15) is 0 Å². The Morgan fingerprint density at radius 2 is 2.11 bits per heavy atom. The maximum absolute atomic E-state index is 11.8. The lowest BCUT2D eigenvalue weighted by molar-refractivity contribution is -0.140. The van der Waals surface area contributed by atoms with E-state index in [0.717, 1.165) is 0 Å². The molecular formula is C14H15NO4. The maximum atomic E-state index is 11.8. The summed E-state index contributed by atoms with van der Waals surface area (Å²) in [6.45, 7) is 1.96. The minimum Gasteiger partial charge on any atom is -0.469 e. The number of carbonyl (C=O) groups is 2. The summed E-state index contributed by atoms with van der Waals surface area (Å²) in [4.78, 5) is 22.9. The van der Waals surface area contributed by atoms with Crippen LogP contribution in [0.2, 0.25) is 0 Å². The predicted octanol–water partition coefficient (Wildman–Crippen LogP) is 1.84. The van der Waals surface area contributed by atoms with E-state index in [4.69, 9.17) is 10.00 Å². The second-order valence-electron chi connectivity index (χ2n) is 3.78. The molecule has 0 fully saturated rings. The zero-order valence-electron chi connectivity index (χ0n) is 10.9. The molecule has 0 spiro atoms. The summed E-state index contributed by atoms with van der Waals surface area (Å²) < 4.78 is 9.49. The Balaban J connectivity index is 2.99. The molecule has 0 unspecified atom stereocenters. The number of methoxy groups -OCH3 is 1. The summed E-state index contributed by atoms with van der Waals surface area (Å²) in [5.74, 6) is -0.835. The van der Waals surface area contributed by atoms with E-state index in [1.54, 1.807) is 19.1 Å². The molecule has 0 aliphatic rings. The van der Waals surface area contributed by atoms with Gasteiger partial charge in [0.2, 0.25) is 0 Å². The third kappa shape index (κ3) is 4.11. The highest BCUT2D eigenvalue weighted by molar-refractivity contribution is 5.91. The van der Waals surface area contributed by atoms with Crippen molar-refractivity contribution in [3.8, 4) is 6.07 Å². The molecule has 0 bridgehead atoms. The standard InChI is InChI=1S/C14H15NO4/c1-3-19-14(17)12-8-10(9-15)4-5-11(12)6-7-13(16)18-2/h4-5,8H,3,6-7H2,1-2H3. The molecule has 0 atom stereocenters. The van der Waals surface area contributed by atoms with Crippen LogP contribution in [0.15, 0.2) is 18.2 Å². The Morgan fingerprint density at radius 3 is 2.68 bits per heavy atom. The monoisotopic (exact) mass is 261 g/mol. The zero-order chi connectivity index (χ0) is 14.3. The zero-order valence-corrected chi connectivity index (χ0v) is 10.9. The average Bonchev–Trinajstić information content (AvgIpc) is 2.44. The highest BCUT2D eigenvalue weighted by Gasteiger charge is 2.14. The molecule has 0 amide bonds. The fraction of sp³-hybridized carbons (Fsp3) is 0.357. The van der Waals surface area contributed by atoms with E-state index in [2.05, 4.69) is 4.74 Å². The van der Waals surface area contributed by atoms with Crippen molar-refractivity contribution in [3.63, 3.8) is 0 Å². The molecule has 1 aromatic carbocycles. The fourth-order valence-corrected chi connectivity index (χ4v) is 1.60. The Bertz CT molecular complexity index is 517. The first-order valence-corrected chi connectivity index (χ1v) is 5.89. The SMILES string of the molecule is CCOC(=O)c1cc(C#N)ccc1CCC(=O)OC. The first kappa shape index (κ1) is 14.7.